The molecule has 0 unspecified atom stereocenters. The Morgan fingerprint density at radius 1 is 0.762 bits per heavy atom. The summed E-state index contributed by atoms with van der Waals surface area (Å²) in [7, 11) is 2.67. The third kappa shape index (κ3) is 11.8. The number of ether oxygens (including phenoxy) is 11. The quantitative estimate of drug-likeness (QED) is 0.0457. The van der Waals surface area contributed by atoms with Gasteiger partial charge in [-0.1, -0.05) is 63.6 Å². The third-order valence-corrected chi connectivity index (χ3v) is 20.3. The zero-order chi connectivity index (χ0) is 61.2. The number of methoxy groups -OCH3 is 2. The van der Waals surface area contributed by atoms with Gasteiger partial charge in [-0.15, -0.1) is 0 Å². The summed E-state index contributed by atoms with van der Waals surface area (Å²) in [6.07, 6.45) is -3.57. The molecule has 6 fully saturated rings. The van der Waals surface area contributed by atoms with Gasteiger partial charge in [0.2, 0.25) is 11.3 Å². The Labute approximate surface area is 491 Å². The van der Waals surface area contributed by atoms with Crippen LogP contribution in [0.4, 0.5) is 4.79 Å². The summed E-state index contributed by atoms with van der Waals surface area (Å²) < 4.78 is 68.0. The van der Waals surface area contributed by atoms with Crippen LogP contribution in [0.1, 0.15) is 121 Å². The van der Waals surface area contributed by atoms with Crippen LogP contribution in [-0.2, 0) is 61.7 Å². The number of amides is 1. The van der Waals surface area contributed by atoms with Gasteiger partial charge in [-0.2, -0.15) is 0 Å². The second-order valence-corrected chi connectivity index (χ2v) is 25.9. The van der Waals surface area contributed by atoms with Crippen LogP contribution in [-0.4, -0.2) is 185 Å². The highest BCUT2D eigenvalue weighted by Gasteiger charge is 2.64. The molecule has 1 spiro atoms. The van der Waals surface area contributed by atoms with Crippen LogP contribution >= 0.6 is 0 Å². The highest BCUT2D eigenvalue weighted by molar-refractivity contribution is 6.26. The molecule has 4 aliphatic carbocycles. The molecule has 1 amide bonds. The van der Waals surface area contributed by atoms with E-state index in [2.05, 4.69) is 25.2 Å². The summed E-state index contributed by atoms with van der Waals surface area (Å²) in [5, 5.41) is 72.9. The number of fused-ring (bicyclic) bond motifs is 4. The van der Waals surface area contributed by atoms with E-state index >= 15 is 4.79 Å². The van der Waals surface area contributed by atoms with E-state index in [4.69, 9.17) is 52.1 Å². The average molecular weight is 1190 g/mol. The van der Waals surface area contributed by atoms with E-state index in [1.807, 2.05) is 32.9 Å². The number of nitrogens with zero attached hydrogens (tertiary/aromatic N) is 1. The van der Waals surface area contributed by atoms with Gasteiger partial charge in [0.05, 0.1) is 75.1 Å². The first-order valence-corrected chi connectivity index (χ1v) is 30.0. The number of aliphatic hydroxyl groups is 5. The first-order chi connectivity index (χ1) is 39.6. The zero-order valence-corrected chi connectivity index (χ0v) is 50.6. The zero-order valence-electron chi connectivity index (χ0n) is 50.6. The van der Waals surface area contributed by atoms with Gasteiger partial charge in [0.1, 0.15) is 35.7 Å². The molecule has 9 aliphatic rings. The number of ketones is 1. The lowest BCUT2D eigenvalue weighted by Gasteiger charge is -2.56. The van der Waals surface area contributed by atoms with Gasteiger partial charge >= 0.3 is 12.1 Å². The fourth-order valence-electron chi connectivity index (χ4n) is 15.8. The number of rotatable bonds is 12. The van der Waals surface area contributed by atoms with Gasteiger partial charge in [0.15, 0.2) is 30.8 Å². The largest absolute Gasteiger partial charge is 0.511 e. The molecule has 84 heavy (non-hydrogen) atoms. The number of Topliss-reactive ketones (excluding diaryl/α,β-unsaturated/α-hetero) is 1. The van der Waals surface area contributed by atoms with Crippen molar-refractivity contribution in [3.63, 3.8) is 0 Å². The summed E-state index contributed by atoms with van der Waals surface area (Å²) >= 11 is 0. The van der Waals surface area contributed by atoms with Gasteiger partial charge in [-0.3, -0.25) is 14.9 Å². The normalized spacial score (nSPS) is 49.3. The molecule has 9 rings (SSSR count). The van der Waals surface area contributed by atoms with Crippen LogP contribution in [0.3, 0.4) is 0 Å². The van der Waals surface area contributed by atoms with Crippen molar-refractivity contribution in [1.82, 2.24) is 5.32 Å². The second kappa shape index (κ2) is 25.1. The minimum atomic E-state index is -1.82. The molecule has 5 heterocycles. The van der Waals surface area contributed by atoms with E-state index in [0.29, 0.717) is 17.6 Å². The first kappa shape index (κ1) is 64.3. The smallest absolute Gasteiger partial charge is 0.407 e. The number of allylic oxidation sites excluding steroid dienone is 3. The number of hydrogen-bond donors (Lipinski definition) is 6. The Balaban J connectivity index is 1.01. The fourth-order valence-corrected chi connectivity index (χ4v) is 15.8. The van der Waals surface area contributed by atoms with E-state index in [-0.39, 0.29) is 57.0 Å². The Bertz CT molecular complexity index is 2600. The summed E-state index contributed by atoms with van der Waals surface area (Å²) in [4.78, 5) is 55.1. The van der Waals surface area contributed by atoms with Gasteiger partial charge < -0.3 is 83.0 Å². The average Bonchev–Trinajstić information content (AvgIpc) is 2.80. The van der Waals surface area contributed by atoms with E-state index in [0.717, 1.165) is 5.57 Å². The minimum Gasteiger partial charge on any atom is -0.511 e. The van der Waals surface area contributed by atoms with E-state index in [9.17, 15) is 45.2 Å². The molecule has 0 aromatic rings. The third-order valence-electron chi connectivity index (χ3n) is 20.3. The number of nitro groups is 1. The Morgan fingerprint density at radius 2 is 1.38 bits per heavy atom. The summed E-state index contributed by atoms with van der Waals surface area (Å²) in [5.74, 6) is -5.10. The van der Waals surface area contributed by atoms with Crippen molar-refractivity contribution in [2.45, 2.75) is 237 Å². The molecule has 23 heteroatoms. The van der Waals surface area contributed by atoms with Crippen LogP contribution in [0.2, 0.25) is 0 Å². The number of nitrogens with one attached hydrogen (secondary N) is 1. The van der Waals surface area contributed by atoms with Crippen LogP contribution < -0.4 is 5.32 Å². The molecule has 5 saturated heterocycles. The first-order valence-electron chi connectivity index (χ1n) is 30.0. The Morgan fingerprint density at radius 3 is 2.01 bits per heavy atom. The van der Waals surface area contributed by atoms with Crippen molar-refractivity contribution >= 4 is 17.8 Å². The van der Waals surface area contributed by atoms with Crippen LogP contribution in [0, 0.1) is 57.0 Å². The van der Waals surface area contributed by atoms with Gasteiger partial charge in [-0.25, -0.2) is 9.59 Å². The topological polar surface area (TPSA) is 309 Å². The number of esters is 1. The number of hydrogen-bond acceptors (Lipinski definition) is 21. The SMILES string of the molecule is COC(=O)N[C@H]1[C@H](C)O[C@@H](O[C@H]2C/C=C(\C)[C@@H]3C=C[C@@H]4[C@@H](O[C@H]5C[C@@H](O[C@H]6C[C@@H](O)[C@@H](O[C@@H]7C[C@@H](O)[C@@H](OC)[C@H](C)O7)[C@H](C)O6)[C@@H](O)[C@H](C)O5)[C@@H](C)C[C@H](C)[C@H]4[C@]3(C)/C(O)=C3/C(=O)O[C@]4(C[C@@H](C)C(CO)=C[C@H]4/C=C/2C)C3=O)C[C@]1(C)[N+](=O)[O-]. The number of carbonyl (C=O) groups is 3. The number of carbonyl (C=O) groups excluding carboxylic acids is 3. The van der Waals surface area contributed by atoms with Crippen LogP contribution in [0.5, 0.6) is 0 Å². The Hall–Kier alpha value is -4.21. The maximum atomic E-state index is 15.6. The van der Waals surface area contributed by atoms with Crippen molar-refractivity contribution in [3.05, 3.63) is 68.5 Å². The predicted octanol–water partition coefficient (Wildman–Crippen LogP) is 5.57. The highest BCUT2D eigenvalue weighted by Crippen LogP contribution is 2.61. The molecule has 1 saturated carbocycles. The minimum absolute atomic E-state index is 0.00457. The van der Waals surface area contributed by atoms with Gasteiger partial charge in [-0.05, 0) is 89.2 Å². The lowest BCUT2D eigenvalue weighted by Crippen LogP contribution is -2.65. The summed E-state index contributed by atoms with van der Waals surface area (Å²) in [6.45, 7) is 19.6. The monoisotopic (exact) mass is 1190 g/mol. The van der Waals surface area contributed by atoms with Crippen molar-refractivity contribution in [3.8, 4) is 0 Å². The number of alkyl carbamates (subject to hydrolysis) is 1. The predicted molar refractivity (Wildman–Crippen MR) is 298 cm³/mol. The summed E-state index contributed by atoms with van der Waals surface area (Å²) in [5.41, 5.74) is -3.37. The standard InChI is InChI=1S/C61H90N2O21/c1-27-14-17-42(80-47-25-59(10,63(72)73)54(35(9)79-47)62-58(71)75-13)28(2)19-37-20-36(26-64)31(5)24-61(37)56(69)48(57(70)84-61)55(68)60(11)39(27)16-15-38-49(60)29(3)18-30(4)51(38)82-46-23-43(50(67)32(6)76-46)81-44-22-41(66)53(34(8)78-44)83-45-21-40(65)52(74-12)33(7)77-45/h14-16,19-20,29-35,37-47,49-54,64-68H,17-18,21-26H2,1-13H3,(H,62,71)/b27-14+,28-19+,55-48-/t29-,30-,31+,32-,33-,34-,35-,37+,38-,39-,40+,41+,42-,43+,44-,45+,46-,47-,49+,50-,51-,52-,53-,54-,59-,60+,61-/m0/s1. The molecule has 2 bridgehead atoms. The Kier molecular flexibility index (Phi) is 19.2. The lowest BCUT2D eigenvalue weighted by molar-refractivity contribution is -0.584. The van der Waals surface area contributed by atoms with Crippen LogP contribution in [0.25, 0.3) is 0 Å². The molecule has 23 nitrogen and oxygen atoms in total. The van der Waals surface area contributed by atoms with Gasteiger partial charge in [0, 0.05) is 67.8 Å². The second-order valence-electron chi connectivity index (χ2n) is 25.9. The molecule has 5 aliphatic heterocycles. The molecule has 6 N–H and O–H groups in total. The fraction of sp³-hybridized carbons (Fsp3) is 0.787. The van der Waals surface area contributed by atoms with Crippen molar-refractivity contribution in [2.24, 2.45) is 46.8 Å². The molecular weight excluding hydrogens is 1100 g/mol. The van der Waals surface area contributed by atoms with E-state index in [1.54, 1.807) is 46.8 Å². The van der Waals surface area contributed by atoms with E-state index in [1.165, 1.54) is 21.1 Å². The van der Waals surface area contributed by atoms with Gasteiger partial charge in [0.25, 0.3) is 0 Å². The van der Waals surface area contributed by atoms with E-state index < -0.39 is 185 Å². The van der Waals surface area contributed by atoms with Crippen LogP contribution in [0.15, 0.2) is 58.4 Å². The lowest BCUT2D eigenvalue weighted by atomic mass is 9.49. The molecule has 27 atom stereocenters. The maximum absolute atomic E-state index is 15.6. The summed E-state index contributed by atoms with van der Waals surface area (Å²) in [6, 6.07) is -1.08. The molecule has 0 aromatic carbocycles. The van der Waals surface area contributed by atoms with Crippen molar-refractivity contribution in [1.29, 1.82) is 0 Å². The highest BCUT2D eigenvalue weighted by atomic mass is 16.7. The number of aliphatic hydroxyl groups excluding tert-OH is 5. The molecule has 0 aromatic heterocycles. The molecular formula is C61H90N2O21. The molecule has 0 radical (unpaired) electrons. The van der Waals surface area contributed by atoms with Crippen molar-refractivity contribution in [2.75, 3.05) is 20.8 Å². The maximum Gasteiger partial charge on any atom is 0.407 e. The van der Waals surface area contributed by atoms with Crippen molar-refractivity contribution < 1.29 is 96.9 Å². The molecule has 470 valence electrons.